The Bertz CT molecular complexity index is 355. The van der Waals surface area contributed by atoms with Gasteiger partial charge in [0.05, 0.1) is 5.69 Å². The molecule has 0 fully saturated rings. The molecule has 0 aromatic heterocycles. The molecule has 1 aromatic rings. The van der Waals surface area contributed by atoms with E-state index in [-0.39, 0.29) is 6.61 Å². The first-order valence-electron chi connectivity index (χ1n) is 4.21. The number of nitrogens with zero attached hydrogens (tertiary/aromatic N) is 2. The molecule has 0 bridgehead atoms. The standard InChI is InChI=1S/C10H13N3O/c1-13(2)8-3-4-9(12)10(7-8)14-6-5-11/h3-4,7H,6,12H2,1-2H3. The second kappa shape index (κ2) is 4.38. The number of benzene rings is 1. The lowest BCUT2D eigenvalue weighted by atomic mass is 10.2. The first kappa shape index (κ1) is 10.2. The summed E-state index contributed by atoms with van der Waals surface area (Å²) in [6.45, 7) is 0.0150. The Labute approximate surface area is 83.5 Å². The minimum Gasteiger partial charge on any atom is -0.477 e. The van der Waals surface area contributed by atoms with Crippen LogP contribution in [0.4, 0.5) is 11.4 Å². The zero-order valence-corrected chi connectivity index (χ0v) is 8.32. The molecule has 0 saturated carbocycles. The Hall–Kier alpha value is -1.89. The molecule has 0 aliphatic heterocycles. The molecule has 1 aromatic carbocycles. The summed E-state index contributed by atoms with van der Waals surface area (Å²) in [5.74, 6) is 0.553. The normalized spacial score (nSPS) is 9.21. The van der Waals surface area contributed by atoms with E-state index in [1.54, 1.807) is 6.07 Å². The van der Waals surface area contributed by atoms with Gasteiger partial charge in [0.25, 0.3) is 0 Å². The SMILES string of the molecule is CN(C)c1ccc(N)c(OCC#N)c1. The maximum atomic E-state index is 8.37. The molecule has 0 aliphatic rings. The Balaban J connectivity index is 2.91. The molecule has 0 radical (unpaired) electrons. The van der Waals surface area contributed by atoms with Crippen LogP contribution in [0.5, 0.6) is 5.75 Å². The van der Waals surface area contributed by atoms with Gasteiger partial charge in [0, 0.05) is 25.8 Å². The van der Waals surface area contributed by atoms with E-state index in [0.29, 0.717) is 11.4 Å². The van der Waals surface area contributed by atoms with Crippen molar-refractivity contribution in [2.45, 2.75) is 0 Å². The number of anilines is 2. The summed E-state index contributed by atoms with van der Waals surface area (Å²) in [4.78, 5) is 1.94. The van der Waals surface area contributed by atoms with Crippen LogP contribution in [0.25, 0.3) is 0 Å². The molecular formula is C10H13N3O. The molecule has 0 unspecified atom stereocenters. The summed E-state index contributed by atoms with van der Waals surface area (Å²) in [6, 6.07) is 7.38. The number of nitrogens with two attached hydrogens (primary N) is 1. The van der Waals surface area contributed by atoms with Gasteiger partial charge in [0.1, 0.15) is 11.8 Å². The monoisotopic (exact) mass is 191 g/mol. The van der Waals surface area contributed by atoms with Crippen molar-refractivity contribution in [1.29, 1.82) is 5.26 Å². The minimum absolute atomic E-state index is 0.0150. The van der Waals surface area contributed by atoms with Gasteiger partial charge < -0.3 is 15.4 Å². The summed E-state index contributed by atoms with van der Waals surface area (Å²) < 4.78 is 5.16. The van der Waals surface area contributed by atoms with Crippen LogP contribution in [-0.2, 0) is 0 Å². The molecule has 0 atom stereocenters. The van der Waals surface area contributed by atoms with E-state index in [0.717, 1.165) is 5.69 Å². The summed E-state index contributed by atoms with van der Waals surface area (Å²) in [5.41, 5.74) is 7.22. The van der Waals surface area contributed by atoms with Crippen molar-refractivity contribution in [2.75, 3.05) is 31.3 Å². The molecule has 1 rings (SSSR count). The maximum absolute atomic E-state index is 8.37. The number of nitrogen functional groups attached to an aromatic ring is 1. The zero-order valence-electron chi connectivity index (χ0n) is 8.32. The highest BCUT2D eigenvalue weighted by molar-refractivity contribution is 5.61. The number of nitriles is 1. The fourth-order valence-corrected chi connectivity index (χ4v) is 1.04. The Morgan fingerprint density at radius 3 is 2.79 bits per heavy atom. The van der Waals surface area contributed by atoms with Crippen LogP contribution < -0.4 is 15.4 Å². The van der Waals surface area contributed by atoms with E-state index in [2.05, 4.69) is 0 Å². The lowest BCUT2D eigenvalue weighted by molar-refractivity contribution is 0.370. The molecule has 0 spiro atoms. The third kappa shape index (κ3) is 2.30. The van der Waals surface area contributed by atoms with E-state index in [1.807, 2.05) is 37.2 Å². The second-order valence-electron chi connectivity index (χ2n) is 3.06. The third-order valence-corrected chi connectivity index (χ3v) is 1.81. The third-order valence-electron chi connectivity index (χ3n) is 1.81. The number of rotatable bonds is 3. The van der Waals surface area contributed by atoms with E-state index >= 15 is 0 Å². The first-order chi connectivity index (χ1) is 6.65. The van der Waals surface area contributed by atoms with E-state index in [1.165, 1.54) is 0 Å². The van der Waals surface area contributed by atoms with Crippen molar-refractivity contribution in [1.82, 2.24) is 0 Å². The molecule has 0 amide bonds. The summed E-state index contributed by atoms with van der Waals surface area (Å²) in [6.07, 6.45) is 0. The summed E-state index contributed by atoms with van der Waals surface area (Å²) in [5, 5.41) is 8.37. The van der Waals surface area contributed by atoms with Gasteiger partial charge in [-0.2, -0.15) is 5.26 Å². The molecule has 0 heterocycles. The van der Waals surface area contributed by atoms with Crippen molar-refractivity contribution < 1.29 is 4.74 Å². The smallest absolute Gasteiger partial charge is 0.174 e. The summed E-state index contributed by atoms with van der Waals surface area (Å²) >= 11 is 0. The average molecular weight is 191 g/mol. The number of hydrogen-bond acceptors (Lipinski definition) is 4. The van der Waals surface area contributed by atoms with Crippen molar-refractivity contribution in [3.63, 3.8) is 0 Å². The van der Waals surface area contributed by atoms with Crippen LogP contribution >= 0.6 is 0 Å². The molecule has 4 heteroatoms. The van der Waals surface area contributed by atoms with Crippen LogP contribution in [0.15, 0.2) is 18.2 Å². The summed E-state index contributed by atoms with van der Waals surface area (Å²) in [7, 11) is 3.86. The highest BCUT2D eigenvalue weighted by atomic mass is 16.5. The fourth-order valence-electron chi connectivity index (χ4n) is 1.04. The second-order valence-corrected chi connectivity index (χ2v) is 3.06. The molecule has 2 N–H and O–H groups in total. The van der Waals surface area contributed by atoms with Gasteiger partial charge in [-0.1, -0.05) is 0 Å². The number of hydrogen-bond donors (Lipinski definition) is 1. The molecule has 14 heavy (non-hydrogen) atoms. The fraction of sp³-hybridized carbons (Fsp3) is 0.300. The van der Waals surface area contributed by atoms with Gasteiger partial charge in [-0.05, 0) is 12.1 Å². The predicted molar refractivity (Wildman–Crippen MR) is 56.3 cm³/mol. The topological polar surface area (TPSA) is 62.3 Å². The van der Waals surface area contributed by atoms with E-state index in [4.69, 9.17) is 15.7 Å². The first-order valence-corrected chi connectivity index (χ1v) is 4.21. The van der Waals surface area contributed by atoms with Gasteiger partial charge in [-0.25, -0.2) is 0 Å². The van der Waals surface area contributed by atoms with Crippen molar-refractivity contribution >= 4 is 11.4 Å². The molecule has 0 saturated heterocycles. The maximum Gasteiger partial charge on any atom is 0.174 e. The van der Waals surface area contributed by atoms with Gasteiger partial charge in [-0.3, -0.25) is 0 Å². The lowest BCUT2D eigenvalue weighted by Crippen LogP contribution is -2.09. The van der Waals surface area contributed by atoms with Crippen LogP contribution in [0.3, 0.4) is 0 Å². The van der Waals surface area contributed by atoms with Crippen LogP contribution in [0.2, 0.25) is 0 Å². The van der Waals surface area contributed by atoms with Crippen LogP contribution in [0, 0.1) is 11.3 Å². The van der Waals surface area contributed by atoms with Crippen molar-refractivity contribution in [3.05, 3.63) is 18.2 Å². The van der Waals surface area contributed by atoms with E-state index < -0.39 is 0 Å². The predicted octanol–water partition coefficient (Wildman–Crippen LogP) is 1.24. The Morgan fingerprint density at radius 1 is 1.50 bits per heavy atom. The molecule has 4 nitrogen and oxygen atoms in total. The lowest BCUT2D eigenvalue weighted by Gasteiger charge is -2.14. The number of ether oxygens (including phenoxy) is 1. The molecular weight excluding hydrogens is 178 g/mol. The quantitative estimate of drug-likeness (QED) is 0.730. The van der Waals surface area contributed by atoms with Crippen LogP contribution in [-0.4, -0.2) is 20.7 Å². The molecule has 74 valence electrons. The van der Waals surface area contributed by atoms with Crippen molar-refractivity contribution in [3.8, 4) is 11.8 Å². The van der Waals surface area contributed by atoms with Gasteiger partial charge in [0.15, 0.2) is 6.61 Å². The Kier molecular flexibility index (Phi) is 3.19. The van der Waals surface area contributed by atoms with Crippen molar-refractivity contribution in [2.24, 2.45) is 0 Å². The van der Waals surface area contributed by atoms with Crippen LogP contribution in [0.1, 0.15) is 0 Å². The highest BCUT2D eigenvalue weighted by Crippen LogP contribution is 2.26. The zero-order chi connectivity index (χ0) is 10.6. The highest BCUT2D eigenvalue weighted by Gasteiger charge is 2.03. The Morgan fingerprint density at radius 2 is 2.21 bits per heavy atom. The van der Waals surface area contributed by atoms with E-state index in [9.17, 15) is 0 Å². The van der Waals surface area contributed by atoms with Gasteiger partial charge >= 0.3 is 0 Å². The van der Waals surface area contributed by atoms with Gasteiger partial charge in [0.2, 0.25) is 0 Å². The van der Waals surface area contributed by atoms with Gasteiger partial charge in [-0.15, -0.1) is 0 Å². The molecule has 0 aliphatic carbocycles. The minimum atomic E-state index is 0.0150. The largest absolute Gasteiger partial charge is 0.477 e. The average Bonchev–Trinajstić information content (AvgIpc) is 2.16.